The second-order valence-corrected chi connectivity index (χ2v) is 6.49. The molecule has 3 aromatic rings. The highest BCUT2D eigenvalue weighted by atomic mass is 32.1. The summed E-state index contributed by atoms with van der Waals surface area (Å²) in [6.45, 7) is 5.82. The van der Waals surface area contributed by atoms with E-state index in [4.69, 9.17) is 9.26 Å². The molecule has 2 aromatic heterocycles. The van der Waals surface area contributed by atoms with E-state index in [0.29, 0.717) is 22.0 Å². The second-order valence-electron chi connectivity index (χ2n) is 5.49. The number of rotatable bonds is 5. The highest BCUT2D eigenvalue weighted by Gasteiger charge is 2.18. The molecule has 6 heteroatoms. The van der Waals surface area contributed by atoms with Crippen molar-refractivity contribution in [2.75, 3.05) is 0 Å². The Kier molecular flexibility index (Phi) is 4.76. The summed E-state index contributed by atoms with van der Waals surface area (Å²) in [6, 6.07) is 9.97. The quantitative estimate of drug-likeness (QED) is 0.646. The Morgan fingerprint density at radius 1 is 1.25 bits per heavy atom. The van der Waals surface area contributed by atoms with Crippen molar-refractivity contribution in [1.82, 2.24) is 10.1 Å². The predicted molar refractivity (Wildman–Crippen MR) is 92.0 cm³/mol. The van der Waals surface area contributed by atoms with E-state index in [9.17, 15) is 4.79 Å². The minimum Gasteiger partial charge on any atom is -0.455 e. The largest absolute Gasteiger partial charge is 0.455 e. The van der Waals surface area contributed by atoms with Gasteiger partial charge in [0.1, 0.15) is 27.9 Å². The molecule has 0 bridgehead atoms. The molecule has 3 rings (SSSR count). The molecule has 2 heterocycles. The number of carbonyl (C=O) groups excluding carboxylic acids is 1. The Morgan fingerprint density at radius 3 is 2.62 bits per heavy atom. The van der Waals surface area contributed by atoms with E-state index in [1.165, 1.54) is 16.9 Å². The summed E-state index contributed by atoms with van der Waals surface area (Å²) in [5, 5.41) is 4.63. The van der Waals surface area contributed by atoms with Crippen molar-refractivity contribution in [2.45, 2.75) is 33.8 Å². The van der Waals surface area contributed by atoms with E-state index < -0.39 is 0 Å². The van der Waals surface area contributed by atoms with Crippen LogP contribution in [0.25, 0.3) is 10.6 Å². The Balaban J connectivity index is 1.73. The average Bonchev–Trinajstić information content (AvgIpc) is 3.18. The third kappa shape index (κ3) is 3.54. The zero-order valence-corrected chi connectivity index (χ0v) is 14.6. The lowest BCUT2D eigenvalue weighted by Crippen LogP contribution is -2.05. The molecule has 0 aliphatic carbocycles. The number of esters is 1. The van der Waals surface area contributed by atoms with Crippen molar-refractivity contribution >= 4 is 17.3 Å². The first-order valence-corrected chi connectivity index (χ1v) is 8.54. The molecule has 0 spiro atoms. The number of hydrogen-bond donors (Lipinski definition) is 0. The van der Waals surface area contributed by atoms with Crippen LogP contribution in [0.2, 0.25) is 0 Å². The first-order valence-electron chi connectivity index (χ1n) is 7.73. The average molecular weight is 342 g/mol. The number of nitrogens with zero attached hydrogens (tertiary/aromatic N) is 2. The van der Waals surface area contributed by atoms with Crippen LogP contribution < -0.4 is 0 Å². The Morgan fingerprint density at radius 2 is 2.00 bits per heavy atom. The van der Waals surface area contributed by atoms with Crippen LogP contribution in [-0.4, -0.2) is 16.1 Å². The van der Waals surface area contributed by atoms with Gasteiger partial charge in [0.2, 0.25) is 0 Å². The van der Waals surface area contributed by atoms with Gasteiger partial charge in [-0.25, -0.2) is 9.78 Å². The maximum Gasteiger partial charge on any atom is 0.350 e. The number of ether oxygens (including phenoxy) is 1. The molecular weight excluding hydrogens is 324 g/mol. The van der Waals surface area contributed by atoms with Crippen molar-refractivity contribution in [3.8, 4) is 10.6 Å². The molecule has 124 valence electrons. The van der Waals surface area contributed by atoms with E-state index >= 15 is 0 Å². The SMILES string of the molecule is CCc1ccc(-c2nc(C)c(C(=O)OCc3cc(C)on3)s2)cc1. The molecule has 5 nitrogen and oxygen atoms in total. The monoisotopic (exact) mass is 342 g/mol. The molecule has 0 amide bonds. The number of thiazole rings is 1. The number of hydrogen-bond acceptors (Lipinski definition) is 6. The third-order valence-corrected chi connectivity index (χ3v) is 4.81. The van der Waals surface area contributed by atoms with Crippen LogP contribution >= 0.6 is 11.3 Å². The van der Waals surface area contributed by atoms with Gasteiger partial charge in [0.25, 0.3) is 0 Å². The van der Waals surface area contributed by atoms with Crippen LogP contribution in [0.1, 0.15) is 39.3 Å². The Hall–Kier alpha value is -2.47. The third-order valence-electron chi connectivity index (χ3n) is 3.62. The Labute approximate surface area is 144 Å². The first kappa shape index (κ1) is 16.4. The van der Waals surface area contributed by atoms with E-state index in [1.807, 2.05) is 19.1 Å². The van der Waals surface area contributed by atoms with Crippen LogP contribution in [0, 0.1) is 13.8 Å². The van der Waals surface area contributed by atoms with Gasteiger partial charge in [0, 0.05) is 11.6 Å². The summed E-state index contributed by atoms with van der Waals surface area (Å²) in [5.41, 5.74) is 3.55. The maximum absolute atomic E-state index is 12.3. The van der Waals surface area contributed by atoms with Gasteiger partial charge in [-0.3, -0.25) is 0 Å². The van der Waals surface area contributed by atoms with Gasteiger partial charge >= 0.3 is 5.97 Å². The standard InChI is InChI=1S/C18H18N2O3S/c1-4-13-5-7-14(8-6-13)17-19-12(3)16(24-17)18(21)22-10-15-9-11(2)23-20-15/h5-9H,4,10H2,1-3H3. The van der Waals surface area contributed by atoms with E-state index in [2.05, 4.69) is 29.2 Å². The maximum atomic E-state index is 12.3. The number of benzene rings is 1. The Bertz CT molecular complexity index is 850. The molecule has 0 saturated heterocycles. The van der Waals surface area contributed by atoms with Gasteiger partial charge in [0.05, 0.1) is 5.69 Å². The van der Waals surface area contributed by atoms with Gasteiger partial charge in [-0.15, -0.1) is 11.3 Å². The van der Waals surface area contributed by atoms with Gasteiger partial charge in [-0.05, 0) is 25.8 Å². The molecule has 0 N–H and O–H groups in total. The van der Waals surface area contributed by atoms with Crippen molar-refractivity contribution in [1.29, 1.82) is 0 Å². The first-order chi connectivity index (χ1) is 11.6. The van der Waals surface area contributed by atoms with Gasteiger partial charge < -0.3 is 9.26 Å². The molecule has 1 aromatic carbocycles. The van der Waals surface area contributed by atoms with Crippen molar-refractivity contribution in [3.63, 3.8) is 0 Å². The summed E-state index contributed by atoms with van der Waals surface area (Å²) in [7, 11) is 0. The summed E-state index contributed by atoms with van der Waals surface area (Å²) in [6.07, 6.45) is 0.996. The van der Waals surface area contributed by atoms with Crippen LogP contribution in [0.3, 0.4) is 0 Å². The lowest BCUT2D eigenvalue weighted by Gasteiger charge is -2.00. The van der Waals surface area contributed by atoms with Crippen molar-refractivity contribution in [3.05, 3.63) is 57.9 Å². The van der Waals surface area contributed by atoms with Crippen LogP contribution in [0.15, 0.2) is 34.9 Å². The van der Waals surface area contributed by atoms with Crippen molar-refractivity contribution < 1.29 is 14.1 Å². The molecule has 0 radical (unpaired) electrons. The lowest BCUT2D eigenvalue weighted by atomic mass is 10.1. The highest BCUT2D eigenvalue weighted by molar-refractivity contribution is 7.17. The lowest BCUT2D eigenvalue weighted by molar-refractivity contribution is 0.0469. The van der Waals surface area contributed by atoms with Crippen LogP contribution in [0.4, 0.5) is 0 Å². The van der Waals surface area contributed by atoms with E-state index in [0.717, 1.165) is 17.0 Å². The van der Waals surface area contributed by atoms with Gasteiger partial charge in [-0.1, -0.05) is 36.3 Å². The summed E-state index contributed by atoms with van der Waals surface area (Å²) in [5.74, 6) is 0.301. The normalized spacial score (nSPS) is 10.8. The predicted octanol–water partition coefficient (Wildman–Crippen LogP) is 4.33. The molecule has 0 saturated carbocycles. The van der Waals surface area contributed by atoms with E-state index in [1.54, 1.807) is 13.0 Å². The topological polar surface area (TPSA) is 65.2 Å². The fourth-order valence-electron chi connectivity index (χ4n) is 2.28. The number of carbonyl (C=O) groups is 1. The molecule has 24 heavy (non-hydrogen) atoms. The second kappa shape index (κ2) is 6.97. The number of aromatic nitrogens is 2. The molecule has 0 fully saturated rings. The van der Waals surface area contributed by atoms with Gasteiger partial charge in [0.15, 0.2) is 0 Å². The molecule has 0 aliphatic heterocycles. The highest BCUT2D eigenvalue weighted by Crippen LogP contribution is 2.29. The molecule has 0 unspecified atom stereocenters. The van der Waals surface area contributed by atoms with Crippen LogP contribution in [0.5, 0.6) is 0 Å². The molecular formula is C18H18N2O3S. The zero-order valence-electron chi connectivity index (χ0n) is 13.8. The summed E-state index contributed by atoms with van der Waals surface area (Å²) >= 11 is 1.35. The van der Waals surface area contributed by atoms with E-state index in [-0.39, 0.29) is 12.6 Å². The minimum absolute atomic E-state index is 0.0913. The number of aryl methyl sites for hydroxylation is 3. The zero-order chi connectivity index (χ0) is 17.1. The smallest absolute Gasteiger partial charge is 0.350 e. The van der Waals surface area contributed by atoms with Gasteiger partial charge in [-0.2, -0.15) is 0 Å². The molecule has 0 aliphatic rings. The summed E-state index contributed by atoms with van der Waals surface area (Å²) in [4.78, 5) is 17.3. The minimum atomic E-state index is -0.387. The fraction of sp³-hybridized carbons (Fsp3) is 0.278. The van der Waals surface area contributed by atoms with Crippen LogP contribution in [-0.2, 0) is 17.8 Å². The fourth-order valence-corrected chi connectivity index (χ4v) is 3.25. The van der Waals surface area contributed by atoms with Crippen molar-refractivity contribution in [2.24, 2.45) is 0 Å². The summed E-state index contributed by atoms with van der Waals surface area (Å²) < 4.78 is 10.3. The molecule has 0 atom stereocenters.